The Bertz CT molecular complexity index is 1150. The molecule has 3 aromatic rings. The fourth-order valence-corrected chi connectivity index (χ4v) is 3.73. The molecule has 0 saturated heterocycles. The first kappa shape index (κ1) is 19.5. The van der Waals surface area contributed by atoms with Gasteiger partial charge in [-0.3, -0.25) is 19.7 Å². The highest BCUT2D eigenvalue weighted by molar-refractivity contribution is 6.10. The third-order valence-electron chi connectivity index (χ3n) is 5.22. The van der Waals surface area contributed by atoms with E-state index in [-0.39, 0.29) is 17.8 Å². The van der Waals surface area contributed by atoms with Crippen LogP contribution in [0.15, 0.2) is 78.9 Å². The molecular weight excluding hydrogens is 384 g/mol. The Morgan fingerprint density at radius 1 is 1.00 bits per heavy atom. The first-order valence-corrected chi connectivity index (χ1v) is 9.35. The zero-order valence-corrected chi connectivity index (χ0v) is 15.9. The van der Waals surface area contributed by atoms with Crippen LogP contribution < -0.4 is 4.90 Å². The second kappa shape index (κ2) is 7.53. The van der Waals surface area contributed by atoms with E-state index in [2.05, 4.69) is 0 Å². The molecule has 0 fully saturated rings. The van der Waals surface area contributed by atoms with Gasteiger partial charge in [0.05, 0.1) is 23.6 Å². The third-order valence-corrected chi connectivity index (χ3v) is 5.22. The summed E-state index contributed by atoms with van der Waals surface area (Å²) in [5, 5.41) is 22.3. The first-order valence-electron chi connectivity index (χ1n) is 9.35. The van der Waals surface area contributed by atoms with Gasteiger partial charge in [0, 0.05) is 23.3 Å². The number of carbonyl (C=O) groups is 2. The van der Waals surface area contributed by atoms with Crippen molar-refractivity contribution in [2.75, 3.05) is 4.90 Å². The summed E-state index contributed by atoms with van der Waals surface area (Å²) in [4.78, 5) is 38.0. The van der Waals surface area contributed by atoms with Gasteiger partial charge in [-0.15, -0.1) is 0 Å². The number of rotatable bonds is 6. The van der Waals surface area contributed by atoms with Gasteiger partial charge in [0.2, 0.25) is 0 Å². The normalized spacial score (nSPS) is 17.6. The number of amides is 1. The molecule has 1 unspecified atom stereocenters. The van der Waals surface area contributed by atoms with Crippen molar-refractivity contribution in [3.8, 4) is 0 Å². The molecule has 0 radical (unpaired) electrons. The predicted molar refractivity (Wildman–Crippen MR) is 110 cm³/mol. The van der Waals surface area contributed by atoms with Gasteiger partial charge < -0.3 is 10.0 Å². The van der Waals surface area contributed by atoms with Crippen molar-refractivity contribution < 1.29 is 19.6 Å². The van der Waals surface area contributed by atoms with E-state index in [1.54, 1.807) is 24.3 Å². The van der Waals surface area contributed by atoms with E-state index in [0.29, 0.717) is 11.3 Å². The lowest BCUT2D eigenvalue weighted by atomic mass is 9.88. The lowest BCUT2D eigenvalue weighted by Crippen LogP contribution is -2.41. The number of Topliss-reactive ketones (excluding diaryl/α,β-unsaturated/α-hetero) is 1. The molecule has 3 aromatic carbocycles. The van der Waals surface area contributed by atoms with Crippen LogP contribution in [-0.2, 0) is 16.9 Å². The zero-order chi connectivity index (χ0) is 21.3. The van der Waals surface area contributed by atoms with Crippen molar-refractivity contribution in [1.82, 2.24) is 0 Å². The lowest BCUT2D eigenvalue weighted by Gasteiger charge is -2.23. The average molecular weight is 402 g/mol. The van der Waals surface area contributed by atoms with Crippen molar-refractivity contribution >= 4 is 23.1 Å². The van der Waals surface area contributed by atoms with Crippen LogP contribution in [0.5, 0.6) is 0 Å². The molecule has 0 saturated carbocycles. The van der Waals surface area contributed by atoms with Crippen LogP contribution in [-0.4, -0.2) is 21.7 Å². The highest BCUT2D eigenvalue weighted by Crippen LogP contribution is 2.43. The fraction of sp³-hybridized carbons (Fsp3) is 0.130. The monoisotopic (exact) mass is 402 g/mol. The Hall–Kier alpha value is -3.84. The van der Waals surface area contributed by atoms with E-state index >= 15 is 0 Å². The van der Waals surface area contributed by atoms with E-state index in [1.807, 2.05) is 30.3 Å². The summed E-state index contributed by atoms with van der Waals surface area (Å²) in [6.45, 7) is 0.254. The summed E-state index contributed by atoms with van der Waals surface area (Å²) in [6.07, 6.45) is -0.505. The standard InChI is InChI=1S/C23H18N2O5/c26-21(17-9-6-10-18(13-17)25(29)30)14-23(28)19-11-4-5-12-20(19)24(22(23)27)15-16-7-2-1-3-8-16/h1-13,28H,14-15H2. The number of hydrogen-bond acceptors (Lipinski definition) is 5. The van der Waals surface area contributed by atoms with Gasteiger partial charge in [-0.05, 0) is 11.6 Å². The molecule has 0 bridgehead atoms. The minimum Gasteiger partial charge on any atom is -0.375 e. The number of hydrogen-bond donors (Lipinski definition) is 1. The highest BCUT2D eigenvalue weighted by atomic mass is 16.6. The summed E-state index contributed by atoms with van der Waals surface area (Å²) < 4.78 is 0. The maximum Gasteiger partial charge on any atom is 0.270 e. The number of anilines is 1. The van der Waals surface area contributed by atoms with Crippen LogP contribution in [0, 0.1) is 10.1 Å². The molecule has 1 amide bonds. The average Bonchev–Trinajstić information content (AvgIpc) is 2.96. The van der Waals surface area contributed by atoms with Crippen molar-refractivity contribution in [1.29, 1.82) is 0 Å². The number of nitro benzene ring substituents is 1. The van der Waals surface area contributed by atoms with Gasteiger partial charge in [0.1, 0.15) is 0 Å². The summed E-state index contributed by atoms with van der Waals surface area (Å²) in [5.41, 5.74) is -0.408. The number of carbonyl (C=O) groups excluding carboxylic acids is 2. The van der Waals surface area contributed by atoms with Gasteiger partial charge in [0.25, 0.3) is 11.6 Å². The van der Waals surface area contributed by atoms with E-state index < -0.39 is 28.6 Å². The molecule has 1 aliphatic rings. The molecule has 1 aliphatic heterocycles. The summed E-state index contributed by atoms with van der Waals surface area (Å²) in [6, 6.07) is 21.4. The molecule has 30 heavy (non-hydrogen) atoms. The molecule has 1 atom stereocenters. The molecule has 0 aliphatic carbocycles. The molecule has 0 spiro atoms. The summed E-state index contributed by atoms with van der Waals surface area (Å²) in [5.74, 6) is -1.14. The minimum atomic E-state index is -2.03. The van der Waals surface area contributed by atoms with Crippen molar-refractivity contribution in [2.24, 2.45) is 0 Å². The number of benzene rings is 3. The van der Waals surface area contributed by atoms with Gasteiger partial charge >= 0.3 is 0 Å². The Labute approximate surface area is 172 Å². The second-order valence-electron chi connectivity index (χ2n) is 7.16. The minimum absolute atomic E-state index is 0.0735. The fourth-order valence-electron chi connectivity index (χ4n) is 3.73. The Morgan fingerprint density at radius 2 is 1.70 bits per heavy atom. The van der Waals surface area contributed by atoms with Gasteiger partial charge in [-0.2, -0.15) is 0 Å². The number of non-ortho nitro benzene ring substituents is 1. The predicted octanol–water partition coefficient (Wildman–Crippen LogP) is 3.60. The molecule has 1 N–H and O–H groups in total. The number of ketones is 1. The van der Waals surface area contributed by atoms with E-state index in [4.69, 9.17) is 0 Å². The smallest absolute Gasteiger partial charge is 0.270 e. The van der Waals surface area contributed by atoms with Crippen LogP contribution in [0.25, 0.3) is 0 Å². The lowest BCUT2D eigenvalue weighted by molar-refractivity contribution is -0.384. The summed E-state index contributed by atoms with van der Waals surface area (Å²) in [7, 11) is 0. The van der Waals surface area contributed by atoms with E-state index in [0.717, 1.165) is 11.6 Å². The Balaban J connectivity index is 1.67. The largest absolute Gasteiger partial charge is 0.375 e. The van der Waals surface area contributed by atoms with Crippen molar-refractivity contribution in [3.05, 3.63) is 106 Å². The van der Waals surface area contributed by atoms with Crippen molar-refractivity contribution in [2.45, 2.75) is 18.6 Å². The zero-order valence-electron chi connectivity index (χ0n) is 15.9. The maximum absolute atomic E-state index is 13.2. The summed E-state index contributed by atoms with van der Waals surface area (Å²) >= 11 is 0. The van der Waals surface area contributed by atoms with Crippen LogP contribution >= 0.6 is 0 Å². The third kappa shape index (κ3) is 3.35. The number of nitrogens with zero attached hydrogens (tertiary/aromatic N) is 2. The van der Waals surface area contributed by atoms with E-state index in [1.165, 1.54) is 23.1 Å². The Morgan fingerprint density at radius 3 is 2.43 bits per heavy atom. The first-order chi connectivity index (χ1) is 14.4. The van der Waals surface area contributed by atoms with Gasteiger partial charge in [0.15, 0.2) is 11.4 Å². The number of nitro groups is 1. The van der Waals surface area contributed by atoms with Crippen LogP contribution in [0.4, 0.5) is 11.4 Å². The topological polar surface area (TPSA) is 101 Å². The quantitative estimate of drug-likeness (QED) is 0.386. The molecule has 150 valence electrons. The van der Waals surface area contributed by atoms with E-state index in [9.17, 15) is 24.8 Å². The van der Waals surface area contributed by atoms with Gasteiger partial charge in [-0.1, -0.05) is 60.7 Å². The number of para-hydroxylation sites is 1. The van der Waals surface area contributed by atoms with Crippen LogP contribution in [0.2, 0.25) is 0 Å². The molecule has 7 nitrogen and oxygen atoms in total. The van der Waals surface area contributed by atoms with Crippen molar-refractivity contribution in [3.63, 3.8) is 0 Å². The molecule has 1 heterocycles. The Kier molecular flexibility index (Phi) is 4.89. The highest BCUT2D eigenvalue weighted by Gasteiger charge is 2.50. The molecule has 7 heteroatoms. The SMILES string of the molecule is O=C(CC1(O)C(=O)N(Cc2ccccc2)c2ccccc21)c1cccc([N+](=O)[O-])c1. The number of aliphatic hydroxyl groups is 1. The van der Waals surface area contributed by atoms with Crippen LogP contribution in [0.3, 0.4) is 0 Å². The molecular formula is C23H18N2O5. The molecule has 4 rings (SSSR count). The maximum atomic E-state index is 13.2. The van der Waals surface area contributed by atoms with Gasteiger partial charge in [-0.25, -0.2) is 0 Å². The van der Waals surface area contributed by atoms with Crippen LogP contribution in [0.1, 0.15) is 27.9 Å². The molecule has 0 aromatic heterocycles. The number of fused-ring (bicyclic) bond motifs is 1. The second-order valence-corrected chi connectivity index (χ2v) is 7.16.